The predicted molar refractivity (Wildman–Crippen MR) is 117 cm³/mol. The number of aromatic nitrogens is 2. The number of hydrogen-bond acceptors (Lipinski definition) is 5. The average Bonchev–Trinajstić information content (AvgIpc) is 3.03. The Hall–Kier alpha value is -2.71. The molecular formula is C22H26N4O3S. The number of nitrogens with zero attached hydrogens (tertiary/aromatic N) is 3. The fourth-order valence-electron chi connectivity index (χ4n) is 3.74. The number of benzene rings is 1. The third-order valence-electron chi connectivity index (χ3n) is 5.37. The van der Waals surface area contributed by atoms with E-state index in [2.05, 4.69) is 10.3 Å². The largest absolute Gasteiger partial charge is 0.379 e. The number of pyridine rings is 1. The predicted octanol–water partition coefficient (Wildman–Crippen LogP) is 3.18. The zero-order chi connectivity index (χ0) is 21.1. The van der Waals surface area contributed by atoms with Crippen LogP contribution in [0.4, 0.5) is 5.69 Å². The summed E-state index contributed by atoms with van der Waals surface area (Å²) in [5.74, 6) is 0. The normalized spacial score (nSPS) is 15.8. The lowest BCUT2D eigenvalue weighted by Gasteiger charge is -2.20. The summed E-state index contributed by atoms with van der Waals surface area (Å²) in [5.41, 5.74) is 2.71. The van der Waals surface area contributed by atoms with Gasteiger partial charge in [0, 0.05) is 31.0 Å². The van der Waals surface area contributed by atoms with Crippen molar-refractivity contribution in [3.63, 3.8) is 0 Å². The lowest BCUT2D eigenvalue weighted by Crippen LogP contribution is -2.31. The minimum atomic E-state index is -3.51. The van der Waals surface area contributed by atoms with Crippen LogP contribution >= 0.6 is 0 Å². The SMILES string of the molecule is Cc1ccc2nc(CNc3cccc(S(=O)(=O)N4CCCCCC4)c3)cc(=O)n2c1. The third-order valence-corrected chi connectivity index (χ3v) is 7.27. The molecule has 30 heavy (non-hydrogen) atoms. The van der Waals surface area contributed by atoms with Gasteiger partial charge in [-0.1, -0.05) is 25.0 Å². The van der Waals surface area contributed by atoms with Crippen LogP contribution in [0.1, 0.15) is 36.9 Å². The Labute approximate surface area is 176 Å². The Kier molecular flexibility index (Phi) is 5.87. The molecule has 158 valence electrons. The molecule has 4 rings (SSSR count). The molecule has 0 atom stereocenters. The number of fused-ring (bicyclic) bond motifs is 1. The summed E-state index contributed by atoms with van der Waals surface area (Å²) in [7, 11) is -3.51. The monoisotopic (exact) mass is 426 g/mol. The van der Waals surface area contributed by atoms with Crippen molar-refractivity contribution in [1.82, 2.24) is 13.7 Å². The Balaban J connectivity index is 1.53. The summed E-state index contributed by atoms with van der Waals surface area (Å²) in [6.45, 7) is 3.40. The molecule has 0 radical (unpaired) electrons. The molecule has 7 nitrogen and oxygen atoms in total. The molecule has 1 N–H and O–H groups in total. The summed E-state index contributed by atoms with van der Waals surface area (Å²) in [6, 6.07) is 12.1. The third kappa shape index (κ3) is 4.39. The van der Waals surface area contributed by atoms with Crippen LogP contribution in [-0.2, 0) is 16.6 Å². The lowest BCUT2D eigenvalue weighted by molar-refractivity contribution is 0.424. The van der Waals surface area contributed by atoms with Gasteiger partial charge in [-0.05, 0) is 49.6 Å². The lowest BCUT2D eigenvalue weighted by atomic mass is 10.2. The molecule has 0 amide bonds. The van der Waals surface area contributed by atoms with Gasteiger partial charge in [-0.25, -0.2) is 13.4 Å². The van der Waals surface area contributed by atoms with Crippen molar-refractivity contribution >= 4 is 21.4 Å². The summed E-state index contributed by atoms with van der Waals surface area (Å²) in [4.78, 5) is 17.2. The molecule has 0 unspecified atom stereocenters. The van der Waals surface area contributed by atoms with Gasteiger partial charge in [-0.15, -0.1) is 0 Å². The fraction of sp³-hybridized carbons (Fsp3) is 0.364. The minimum Gasteiger partial charge on any atom is -0.379 e. The van der Waals surface area contributed by atoms with Crippen LogP contribution in [-0.4, -0.2) is 35.2 Å². The van der Waals surface area contributed by atoms with Gasteiger partial charge in [-0.2, -0.15) is 4.31 Å². The first kappa shape index (κ1) is 20.6. The second-order valence-electron chi connectivity index (χ2n) is 7.72. The van der Waals surface area contributed by atoms with Gasteiger partial charge in [0.25, 0.3) is 5.56 Å². The van der Waals surface area contributed by atoms with Crippen molar-refractivity contribution in [2.75, 3.05) is 18.4 Å². The number of sulfonamides is 1. The molecule has 1 aliphatic rings. The average molecular weight is 427 g/mol. The van der Waals surface area contributed by atoms with Gasteiger partial charge in [0.15, 0.2) is 0 Å². The van der Waals surface area contributed by atoms with E-state index in [0.29, 0.717) is 36.7 Å². The second kappa shape index (κ2) is 8.57. The molecule has 0 saturated carbocycles. The van der Waals surface area contributed by atoms with Crippen molar-refractivity contribution < 1.29 is 8.42 Å². The minimum absolute atomic E-state index is 0.141. The van der Waals surface area contributed by atoms with Crippen LogP contribution in [0, 0.1) is 6.92 Å². The topological polar surface area (TPSA) is 83.8 Å². The van der Waals surface area contributed by atoms with Gasteiger partial charge in [0.1, 0.15) is 5.65 Å². The molecule has 0 aliphatic carbocycles. The highest BCUT2D eigenvalue weighted by Gasteiger charge is 2.25. The first-order valence-corrected chi connectivity index (χ1v) is 11.7. The maximum Gasteiger partial charge on any atom is 0.258 e. The van der Waals surface area contributed by atoms with E-state index in [-0.39, 0.29) is 10.5 Å². The highest BCUT2D eigenvalue weighted by molar-refractivity contribution is 7.89. The number of anilines is 1. The van der Waals surface area contributed by atoms with Crippen LogP contribution in [0.2, 0.25) is 0 Å². The van der Waals surface area contributed by atoms with Crippen molar-refractivity contribution in [3.05, 3.63) is 70.3 Å². The Morgan fingerprint density at radius 2 is 1.80 bits per heavy atom. The van der Waals surface area contributed by atoms with E-state index < -0.39 is 10.0 Å². The maximum absolute atomic E-state index is 13.0. The Morgan fingerprint density at radius 3 is 2.57 bits per heavy atom. The smallest absolute Gasteiger partial charge is 0.258 e. The van der Waals surface area contributed by atoms with Crippen LogP contribution in [0.3, 0.4) is 0 Å². The molecule has 1 saturated heterocycles. The van der Waals surface area contributed by atoms with Crippen LogP contribution in [0.25, 0.3) is 5.65 Å². The quantitative estimate of drug-likeness (QED) is 0.677. The molecule has 8 heteroatoms. The van der Waals surface area contributed by atoms with E-state index >= 15 is 0 Å². The molecule has 1 aliphatic heterocycles. The van der Waals surface area contributed by atoms with Gasteiger partial charge in [0.2, 0.25) is 10.0 Å². The molecule has 0 bridgehead atoms. The molecule has 3 aromatic rings. The zero-order valence-corrected chi connectivity index (χ0v) is 17.9. The van der Waals surface area contributed by atoms with Crippen molar-refractivity contribution in [2.45, 2.75) is 44.0 Å². The van der Waals surface area contributed by atoms with Gasteiger partial charge < -0.3 is 5.32 Å². The molecule has 0 spiro atoms. The summed E-state index contributed by atoms with van der Waals surface area (Å²) < 4.78 is 29.2. The first-order valence-electron chi connectivity index (χ1n) is 10.3. The van der Waals surface area contributed by atoms with Crippen LogP contribution in [0.5, 0.6) is 0 Å². The van der Waals surface area contributed by atoms with Crippen LogP contribution < -0.4 is 10.9 Å². The van der Waals surface area contributed by atoms with E-state index in [4.69, 9.17) is 0 Å². The van der Waals surface area contributed by atoms with Gasteiger partial charge in [0.05, 0.1) is 17.1 Å². The second-order valence-corrected chi connectivity index (χ2v) is 9.66. The standard InChI is InChI=1S/C22H26N4O3S/c1-17-9-10-21-24-19(14-22(27)26(21)16-17)15-23-18-7-6-8-20(13-18)30(28,29)25-11-4-2-3-5-12-25/h6-10,13-14,16,23H,2-5,11-12,15H2,1H3. The van der Waals surface area contributed by atoms with E-state index in [1.807, 2.05) is 25.1 Å². The number of aryl methyl sites for hydroxylation is 1. The highest BCUT2D eigenvalue weighted by Crippen LogP contribution is 2.23. The molecule has 1 aromatic carbocycles. The summed E-state index contributed by atoms with van der Waals surface area (Å²) >= 11 is 0. The van der Waals surface area contributed by atoms with Crippen molar-refractivity contribution in [1.29, 1.82) is 0 Å². The summed E-state index contributed by atoms with van der Waals surface area (Å²) in [5, 5.41) is 3.20. The first-order chi connectivity index (χ1) is 14.4. The summed E-state index contributed by atoms with van der Waals surface area (Å²) in [6.07, 6.45) is 5.72. The number of rotatable bonds is 5. The Morgan fingerprint density at radius 1 is 1.03 bits per heavy atom. The molecular weight excluding hydrogens is 400 g/mol. The van der Waals surface area contributed by atoms with E-state index in [9.17, 15) is 13.2 Å². The maximum atomic E-state index is 13.0. The fourth-order valence-corrected chi connectivity index (χ4v) is 5.30. The van der Waals surface area contributed by atoms with Crippen molar-refractivity contribution in [3.8, 4) is 0 Å². The van der Waals surface area contributed by atoms with E-state index in [1.54, 1.807) is 28.7 Å². The Bertz CT molecular complexity index is 1210. The van der Waals surface area contributed by atoms with Crippen LogP contribution in [0.15, 0.2) is 58.4 Å². The van der Waals surface area contributed by atoms with Gasteiger partial charge in [-0.3, -0.25) is 9.20 Å². The van der Waals surface area contributed by atoms with Gasteiger partial charge >= 0.3 is 0 Å². The van der Waals surface area contributed by atoms with E-state index in [1.165, 1.54) is 10.5 Å². The zero-order valence-electron chi connectivity index (χ0n) is 17.0. The molecule has 3 heterocycles. The number of hydrogen-bond donors (Lipinski definition) is 1. The molecule has 2 aromatic heterocycles. The number of nitrogens with one attached hydrogen (secondary N) is 1. The molecule has 1 fully saturated rings. The highest BCUT2D eigenvalue weighted by atomic mass is 32.2. The van der Waals surface area contributed by atoms with E-state index in [0.717, 1.165) is 31.2 Å². The van der Waals surface area contributed by atoms with Crippen molar-refractivity contribution in [2.24, 2.45) is 0 Å².